The van der Waals surface area contributed by atoms with Gasteiger partial charge < -0.3 is 0 Å². The van der Waals surface area contributed by atoms with Crippen molar-refractivity contribution in [1.82, 2.24) is 0 Å². The highest BCUT2D eigenvalue weighted by Crippen LogP contribution is 2.29. The monoisotopic (exact) mass is 303 g/mol. The number of hydrogen-bond acceptors (Lipinski definition) is 1. The molecule has 0 unspecified atom stereocenters. The molecule has 3 heteroatoms. The summed E-state index contributed by atoms with van der Waals surface area (Å²) in [5.74, 6) is -0.00120. The Morgan fingerprint density at radius 2 is 1.72 bits per heavy atom. The topological polar surface area (TPSA) is 20.3 Å². The van der Waals surface area contributed by atoms with Crippen LogP contribution >= 0.6 is 15.9 Å². The van der Waals surface area contributed by atoms with Crippen LogP contribution in [0.4, 0.5) is 11.4 Å². The number of nitrogens with zero attached hydrogens (tertiary/aromatic N) is 1. The molecular formula is C15H14BrNO. The molecule has 92 valence electrons. The van der Waals surface area contributed by atoms with Crippen LogP contribution in [0.3, 0.4) is 0 Å². The lowest BCUT2D eigenvalue weighted by atomic mass is 10.2. The van der Waals surface area contributed by atoms with E-state index in [1.54, 1.807) is 11.8 Å². The largest absolute Gasteiger partial charge is 0.281 e. The first kappa shape index (κ1) is 12.8. The summed E-state index contributed by atoms with van der Waals surface area (Å²) in [7, 11) is 0. The van der Waals surface area contributed by atoms with Gasteiger partial charge in [-0.2, -0.15) is 0 Å². The molecule has 0 fully saturated rings. The number of carbonyl (C=O) groups is 1. The molecule has 0 heterocycles. The average Bonchev–Trinajstić information content (AvgIpc) is 2.28. The van der Waals surface area contributed by atoms with Gasteiger partial charge in [0, 0.05) is 17.1 Å². The van der Waals surface area contributed by atoms with Gasteiger partial charge in [0.15, 0.2) is 0 Å². The SMILES string of the molecule is CC(=O)N(c1ccccc1)c1cc(C)cc(Br)c1. The van der Waals surface area contributed by atoms with Crippen molar-refractivity contribution in [2.75, 3.05) is 4.90 Å². The maximum Gasteiger partial charge on any atom is 0.228 e. The number of benzene rings is 2. The number of hydrogen-bond donors (Lipinski definition) is 0. The first-order valence-electron chi connectivity index (χ1n) is 5.71. The van der Waals surface area contributed by atoms with Gasteiger partial charge in [-0.15, -0.1) is 0 Å². The molecule has 0 aliphatic carbocycles. The summed E-state index contributed by atoms with van der Waals surface area (Å²) in [5.41, 5.74) is 2.87. The maximum atomic E-state index is 11.9. The number of amides is 1. The van der Waals surface area contributed by atoms with Crippen LogP contribution in [-0.2, 0) is 4.79 Å². The Morgan fingerprint density at radius 3 is 2.28 bits per heavy atom. The average molecular weight is 304 g/mol. The van der Waals surface area contributed by atoms with Gasteiger partial charge in [0.25, 0.3) is 0 Å². The Hall–Kier alpha value is -1.61. The highest BCUT2D eigenvalue weighted by atomic mass is 79.9. The summed E-state index contributed by atoms with van der Waals surface area (Å²) < 4.78 is 0.972. The van der Waals surface area contributed by atoms with E-state index in [0.29, 0.717) is 0 Å². The second kappa shape index (κ2) is 5.36. The molecule has 0 aromatic heterocycles. The molecule has 0 aliphatic rings. The molecule has 0 spiro atoms. The third-order valence-electron chi connectivity index (χ3n) is 2.61. The zero-order valence-corrected chi connectivity index (χ0v) is 11.9. The van der Waals surface area contributed by atoms with Gasteiger partial charge in [-0.3, -0.25) is 9.69 Å². The highest BCUT2D eigenvalue weighted by molar-refractivity contribution is 9.10. The number of rotatable bonds is 2. The second-order valence-electron chi connectivity index (χ2n) is 4.18. The summed E-state index contributed by atoms with van der Waals surface area (Å²) in [5, 5.41) is 0. The zero-order valence-electron chi connectivity index (χ0n) is 10.4. The Morgan fingerprint density at radius 1 is 1.06 bits per heavy atom. The molecule has 0 radical (unpaired) electrons. The van der Waals surface area contributed by atoms with E-state index in [4.69, 9.17) is 0 Å². The van der Waals surface area contributed by atoms with Crippen molar-refractivity contribution in [1.29, 1.82) is 0 Å². The van der Waals surface area contributed by atoms with E-state index < -0.39 is 0 Å². The molecule has 0 bridgehead atoms. The number of halogens is 1. The molecule has 0 aliphatic heterocycles. The zero-order chi connectivity index (χ0) is 13.1. The first-order chi connectivity index (χ1) is 8.58. The van der Waals surface area contributed by atoms with Crippen molar-refractivity contribution in [3.05, 3.63) is 58.6 Å². The van der Waals surface area contributed by atoms with E-state index in [2.05, 4.69) is 15.9 Å². The van der Waals surface area contributed by atoms with Gasteiger partial charge in [0.1, 0.15) is 0 Å². The number of anilines is 2. The molecule has 0 atom stereocenters. The smallest absolute Gasteiger partial charge is 0.228 e. The summed E-state index contributed by atoms with van der Waals surface area (Å²) in [6, 6.07) is 15.6. The standard InChI is InChI=1S/C15H14BrNO/c1-11-8-13(16)10-15(9-11)17(12(2)18)14-6-4-3-5-7-14/h3-10H,1-2H3. The minimum atomic E-state index is -0.00120. The fourth-order valence-electron chi connectivity index (χ4n) is 1.94. The van der Waals surface area contributed by atoms with Gasteiger partial charge >= 0.3 is 0 Å². The van der Waals surface area contributed by atoms with Crippen LogP contribution in [-0.4, -0.2) is 5.91 Å². The van der Waals surface area contributed by atoms with Crippen LogP contribution in [0, 0.1) is 6.92 Å². The van der Waals surface area contributed by atoms with Crippen LogP contribution in [0.15, 0.2) is 53.0 Å². The lowest BCUT2D eigenvalue weighted by Crippen LogP contribution is -2.22. The fourth-order valence-corrected chi connectivity index (χ4v) is 2.53. The van der Waals surface area contributed by atoms with Gasteiger partial charge in [-0.1, -0.05) is 34.1 Å². The van der Waals surface area contributed by atoms with Crippen LogP contribution < -0.4 is 4.90 Å². The lowest BCUT2D eigenvalue weighted by Gasteiger charge is -2.22. The minimum Gasteiger partial charge on any atom is -0.281 e. The van der Waals surface area contributed by atoms with Gasteiger partial charge in [-0.05, 0) is 42.8 Å². The number of carbonyl (C=O) groups excluding carboxylic acids is 1. The third-order valence-corrected chi connectivity index (χ3v) is 3.07. The normalized spacial score (nSPS) is 10.2. The van der Waals surface area contributed by atoms with Crippen LogP contribution in [0.25, 0.3) is 0 Å². The molecule has 2 rings (SSSR count). The van der Waals surface area contributed by atoms with Crippen LogP contribution in [0.5, 0.6) is 0 Å². The number of aryl methyl sites for hydroxylation is 1. The Kier molecular flexibility index (Phi) is 3.82. The summed E-state index contributed by atoms with van der Waals surface area (Å²) in [6.45, 7) is 3.58. The van der Waals surface area contributed by atoms with Crippen molar-refractivity contribution < 1.29 is 4.79 Å². The molecular weight excluding hydrogens is 290 g/mol. The Labute approximate surface area is 115 Å². The Bertz CT molecular complexity index is 546. The van der Waals surface area contributed by atoms with E-state index in [1.165, 1.54) is 0 Å². The molecule has 0 N–H and O–H groups in total. The molecule has 18 heavy (non-hydrogen) atoms. The summed E-state index contributed by atoms with van der Waals surface area (Å²) in [6.07, 6.45) is 0. The highest BCUT2D eigenvalue weighted by Gasteiger charge is 2.14. The van der Waals surface area contributed by atoms with Crippen LogP contribution in [0.1, 0.15) is 12.5 Å². The van der Waals surface area contributed by atoms with E-state index >= 15 is 0 Å². The molecule has 1 amide bonds. The molecule has 0 saturated heterocycles. The van der Waals surface area contributed by atoms with Crippen molar-refractivity contribution in [3.8, 4) is 0 Å². The van der Waals surface area contributed by atoms with Crippen molar-refractivity contribution in [2.24, 2.45) is 0 Å². The van der Waals surface area contributed by atoms with Crippen molar-refractivity contribution >= 4 is 33.2 Å². The van der Waals surface area contributed by atoms with E-state index in [1.807, 2.05) is 55.5 Å². The van der Waals surface area contributed by atoms with Gasteiger partial charge in [0.2, 0.25) is 5.91 Å². The second-order valence-corrected chi connectivity index (χ2v) is 5.09. The maximum absolute atomic E-state index is 11.9. The molecule has 0 saturated carbocycles. The lowest BCUT2D eigenvalue weighted by molar-refractivity contribution is -0.115. The molecule has 2 nitrogen and oxygen atoms in total. The van der Waals surface area contributed by atoms with Crippen molar-refractivity contribution in [3.63, 3.8) is 0 Å². The quantitative estimate of drug-likeness (QED) is 0.803. The van der Waals surface area contributed by atoms with E-state index in [-0.39, 0.29) is 5.91 Å². The molecule has 2 aromatic rings. The van der Waals surface area contributed by atoms with Crippen LogP contribution in [0.2, 0.25) is 0 Å². The van der Waals surface area contributed by atoms with Gasteiger partial charge in [0.05, 0.1) is 5.69 Å². The summed E-state index contributed by atoms with van der Waals surface area (Å²) >= 11 is 3.46. The molecule has 2 aromatic carbocycles. The van der Waals surface area contributed by atoms with E-state index in [9.17, 15) is 4.79 Å². The Balaban J connectivity index is 2.52. The third kappa shape index (κ3) is 2.79. The summed E-state index contributed by atoms with van der Waals surface area (Å²) in [4.78, 5) is 13.6. The minimum absolute atomic E-state index is 0.00120. The predicted octanol–water partition coefficient (Wildman–Crippen LogP) is 4.44. The van der Waals surface area contributed by atoms with Crippen molar-refractivity contribution in [2.45, 2.75) is 13.8 Å². The predicted molar refractivity (Wildman–Crippen MR) is 78.1 cm³/mol. The number of para-hydroxylation sites is 1. The first-order valence-corrected chi connectivity index (χ1v) is 6.50. The van der Waals surface area contributed by atoms with Gasteiger partial charge in [-0.25, -0.2) is 0 Å². The van der Waals surface area contributed by atoms with E-state index in [0.717, 1.165) is 21.4 Å². The fraction of sp³-hybridized carbons (Fsp3) is 0.133.